The number of aromatic nitrogens is 2. The number of nitrogens with zero attached hydrogens (tertiary/aromatic N) is 3. The van der Waals surface area contributed by atoms with E-state index < -0.39 is 0 Å². The first-order valence-corrected chi connectivity index (χ1v) is 8.75. The molecule has 2 fully saturated rings. The van der Waals surface area contributed by atoms with E-state index in [1.165, 1.54) is 19.3 Å². The van der Waals surface area contributed by atoms with Crippen LogP contribution in [0.15, 0.2) is 0 Å². The molecule has 0 amide bonds. The number of thioether (sulfide) groups is 1. The molecule has 2 aliphatic rings. The van der Waals surface area contributed by atoms with Crippen LogP contribution in [0, 0.1) is 6.92 Å². The monoisotopic (exact) mass is 311 g/mol. The lowest BCUT2D eigenvalue weighted by molar-refractivity contribution is 0.633. The summed E-state index contributed by atoms with van der Waals surface area (Å²) in [6, 6.07) is 0. The summed E-state index contributed by atoms with van der Waals surface area (Å²) in [4.78, 5) is 11.7. The molecule has 0 aromatic carbocycles. The molecule has 110 valence electrons. The second kappa shape index (κ2) is 5.38. The van der Waals surface area contributed by atoms with Crippen molar-refractivity contribution in [2.24, 2.45) is 0 Å². The molecule has 1 aromatic heterocycles. The normalized spacial score (nSPS) is 22.7. The predicted molar refractivity (Wildman–Crippen MR) is 87.1 cm³/mol. The molecule has 1 saturated carbocycles. The zero-order valence-electron chi connectivity index (χ0n) is 12.4. The predicted octanol–water partition coefficient (Wildman–Crippen LogP) is 4.04. The second-order valence-electron chi connectivity index (χ2n) is 6.44. The highest BCUT2D eigenvalue weighted by Gasteiger charge is 2.30. The molecule has 5 heteroatoms. The van der Waals surface area contributed by atoms with E-state index in [4.69, 9.17) is 16.6 Å². The molecule has 3 rings (SSSR count). The van der Waals surface area contributed by atoms with E-state index >= 15 is 0 Å². The molecule has 0 unspecified atom stereocenters. The lowest BCUT2D eigenvalue weighted by Gasteiger charge is -2.25. The Balaban J connectivity index is 1.88. The Kier molecular flexibility index (Phi) is 3.89. The zero-order chi connectivity index (χ0) is 14.3. The van der Waals surface area contributed by atoms with E-state index in [9.17, 15) is 0 Å². The molecule has 0 N–H and O–H groups in total. The van der Waals surface area contributed by atoms with Crippen LogP contribution >= 0.6 is 23.4 Å². The molecule has 0 radical (unpaired) electrons. The Morgan fingerprint density at radius 3 is 2.70 bits per heavy atom. The van der Waals surface area contributed by atoms with Gasteiger partial charge in [-0.25, -0.2) is 9.97 Å². The Bertz CT molecular complexity index is 514. The Hall–Kier alpha value is -0.480. The van der Waals surface area contributed by atoms with E-state index in [2.05, 4.69) is 35.5 Å². The van der Waals surface area contributed by atoms with Gasteiger partial charge >= 0.3 is 0 Å². The molecule has 20 heavy (non-hydrogen) atoms. The molecule has 1 aromatic rings. The first-order valence-electron chi connectivity index (χ1n) is 7.39. The number of halogens is 1. The van der Waals surface area contributed by atoms with Gasteiger partial charge in [0.2, 0.25) is 0 Å². The summed E-state index contributed by atoms with van der Waals surface area (Å²) >= 11 is 8.38. The lowest BCUT2D eigenvalue weighted by Crippen LogP contribution is -2.29. The Morgan fingerprint density at radius 2 is 2.00 bits per heavy atom. The standard InChI is InChI=1S/C15H22ClN3S/c1-10-12(16)17-13(11-4-5-11)18-14(10)19-7-6-15(2,3)20-9-8-19/h11H,4-9H2,1-3H3. The van der Waals surface area contributed by atoms with Crippen molar-refractivity contribution in [2.45, 2.75) is 50.7 Å². The van der Waals surface area contributed by atoms with Crippen molar-refractivity contribution >= 4 is 29.2 Å². The van der Waals surface area contributed by atoms with Crippen molar-refractivity contribution in [2.75, 3.05) is 23.7 Å². The summed E-state index contributed by atoms with van der Waals surface area (Å²) in [7, 11) is 0. The van der Waals surface area contributed by atoms with Crippen molar-refractivity contribution < 1.29 is 0 Å². The maximum Gasteiger partial charge on any atom is 0.137 e. The summed E-state index contributed by atoms with van der Waals surface area (Å²) in [6.07, 6.45) is 3.60. The van der Waals surface area contributed by atoms with Gasteiger partial charge < -0.3 is 4.90 Å². The Labute approximate surface area is 130 Å². The van der Waals surface area contributed by atoms with E-state index in [1.54, 1.807) is 0 Å². The van der Waals surface area contributed by atoms with Crippen molar-refractivity contribution in [3.05, 3.63) is 16.5 Å². The van der Waals surface area contributed by atoms with Crippen LogP contribution < -0.4 is 4.90 Å². The van der Waals surface area contributed by atoms with Crippen molar-refractivity contribution in [3.8, 4) is 0 Å². The SMILES string of the molecule is Cc1c(Cl)nc(C2CC2)nc1N1CCSC(C)(C)CC1. The third-order valence-electron chi connectivity index (χ3n) is 4.16. The minimum atomic E-state index is 0.360. The van der Waals surface area contributed by atoms with E-state index in [-0.39, 0.29) is 0 Å². The molecule has 1 aliphatic heterocycles. The molecule has 2 heterocycles. The first-order chi connectivity index (χ1) is 9.46. The van der Waals surface area contributed by atoms with Gasteiger partial charge in [-0.05, 0) is 26.2 Å². The minimum absolute atomic E-state index is 0.360. The van der Waals surface area contributed by atoms with Crippen LogP contribution in [0.4, 0.5) is 5.82 Å². The van der Waals surface area contributed by atoms with E-state index in [0.29, 0.717) is 15.8 Å². The molecular weight excluding hydrogens is 290 g/mol. The average Bonchev–Trinajstić information content (AvgIpc) is 3.20. The van der Waals surface area contributed by atoms with Crippen LogP contribution in [0.3, 0.4) is 0 Å². The fourth-order valence-electron chi connectivity index (χ4n) is 2.56. The molecule has 0 spiro atoms. The number of hydrogen-bond donors (Lipinski definition) is 0. The van der Waals surface area contributed by atoms with E-state index in [0.717, 1.165) is 36.0 Å². The zero-order valence-corrected chi connectivity index (χ0v) is 14.0. The van der Waals surface area contributed by atoms with Crippen LogP contribution in [-0.2, 0) is 0 Å². The third kappa shape index (κ3) is 3.06. The summed E-state index contributed by atoms with van der Waals surface area (Å²) in [5.41, 5.74) is 1.03. The van der Waals surface area contributed by atoms with Gasteiger partial charge in [0.1, 0.15) is 16.8 Å². The summed E-state index contributed by atoms with van der Waals surface area (Å²) in [5, 5.41) is 0.632. The maximum absolute atomic E-state index is 6.32. The highest BCUT2D eigenvalue weighted by molar-refractivity contribution is 8.00. The van der Waals surface area contributed by atoms with Crippen molar-refractivity contribution in [3.63, 3.8) is 0 Å². The van der Waals surface area contributed by atoms with E-state index in [1.807, 2.05) is 6.92 Å². The van der Waals surface area contributed by atoms with Crippen LogP contribution in [0.5, 0.6) is 0 Å². The van der Waals surface area contributed by atoms with Gasteiger partial charge in [0.05, 0.1) is 0 Å². The topological polar surface area (TPSA) is 29.0 Å². The summed E-state index contributed by atoms with van der Waals surface area (Å²) in [5.74, 6) is 3.70. The molecule has 3 nitrogen and oxygen atoms in total. The van der Waals surface area contributed by atoms with Gasteiger partial charge in [-0.3, -0.25) is 0 Å². The van der Waals surface area contributed by atoms with Crippen LogP contribution in [0.2, 0.25) is 5.15 Å². The number of anilines is 1. The first kappa shape index (κ1) is 14.5. The van der Waals surface area contributed by atoms with Gasteiger partial charge in [-0.1, -0.05) is 25.4 Å². The van der Waals surface area contributed by atoms with Gasteiger partial charge in [-0.2, -0.15) is 11.8 Å². The lowest BCUT2D eigenvalue weighted by atomic mass is 10.1. The quantitative estimate of drug-likeness (QED) is 0.771. The van der Waals surface area contributed by atoms with Crippen LogP contribution in [-0.4, -0.2) is 33.6 Å². The average molecular weight is 312 g/mol. The van der Waals surface area contributed by atoms with Crippen LogP contribution in [0.1, 0.15) is 50.4 Å². The highest BCUT2D eigenvalue weighted by atomic mass is 35.5. The van der Waals surface area contributed by atoms with Gasteiger partial charge in [0, 0.05) is 35.1 Å². The molecule has 0 bridgehead atoms. The fraction of sp³-hybridized carbons (Fsp3) is 0.733. The summed E-state index contributed by atoms with van der Waals surface area (Å²) < 4.78 is 0.360. The highest BCUT2D eigenvalue weighted by Crippen LogP contribution is 2.40. The third-order valence-corrected chi connectivity index (χ3v) is 5.90. The largest absolute Gasteiger partial charge is 0.355 e. The molecule has 1 saturated heterocycles. The minimum Gasteiger partial charge on any atom is -0.355 e. The molecular formula is C15H22ClN3S. The van der Waals surface area contributed by atoms with Crippen molar-refractivity contribution in [1.82, 2.24) is 9.97 Å². The van der Waals surface area contributed by atoms with Gasteiger partial charge in [-0.15, -0.1) is 0 Å². The number of rotatable bonds is 2. The molecule has 1 aliphatic carbocycles. The fourth-order valence-corrected chi connectivity index (χ4v) is 3.83. The smallest absolute Gasteiger partial charge is 0.137 e. The number of hydrogen-bond acceptors (Lipinski definition) is 4. The maximum atomic E-state index is 6.32. The van der Waals surface area contributed by atoms with Gasteiger partial charge in [0.15, 0.2) is 0 Å². The Morgan fingerprint density at radius 1 is 1.25 bits per heavy atom. The van der Waals surface area contributed by atoms with Crippen molar-refractivity contribution in [1.29, 1.82) is 0 Å². The second-order valence-corrected chi connectivity index (χ2v) is 8.60. The molecule has 0 atom stereocenters. The van der Waals surface area contributed by atoms with Crippen LogP contribution in [0.25, 0.3) is 0 Å². The summed E-state index contributed by atoms with van der Waals surface area (Å²) in [6.45, 7) is 8.80. The van der Waals surface area contributed by atoms with Gasteiger partial charge in [0.25, 0.3) is 0 Å².